The average molecular weight is 466 g/mol. The van der Waals surface area contributed by atoms with Crippen molar-refractivity contribution >= 4 is 46.8 Å². The quantitative estimate of drug-likeness (QED) is 0.356. The third kappa shape index (κ3) is 7.81. The van der Waals surface area contributed by atoms with Gasteiger partial charge in [0, 0.05) is 11.1 Å². The summed E-state index contributed by atoms with van der Waals surface area (Å²) in [6.07, 6.45) is 2.69. The highest BCUT2D eigenvalue weighted by Gasteiger charge is 2.18. The zero-order chi connectivity index (χ0) is 22.8. The number of esters is 1. The Kier molecular flexibility index (Phi) is 9.69. The molecule has 0 heterocycles. The molecule has 0 saturated heterocycles. The van der Waals surface area contributed by atoms with Gasteiger partial charge in [-0.05, 0) is 62.2 Å². The van der Waals surface area contributed by atoms with E-state index in [0.29, 0.717) is 35.4 Å². The summed E-state index contributed by atoms with van der Waals surface area (Å²) in [6, 6.07) is 10.0. The van der Waals surface area contributed by atoms with Crippen LogP contribution in [0, 0.1) is 0 Å². The lowest BCUT2D eigenvalue weighted by Crippen LogP contribution is -2.29. The largest absolute Gasteiger partial charge is 0.490 e. The molecule has 0 radical (unpaired) electrons. The van der Waals surface area contributed by atoms with Gasteiger partial charge < -0.3 is 19.5 Å². The van der Waals surface area contributed by atoms with Crippen molar-refractivity contribution in [1.29, 1.82) is 0 Å². The Morgan fingerprint density at radius 2 is 1.84 bits per heavy atom. The maximum atomic E-state index is 12.3. The summed E-state index contributed by atoms with van der Waals surface area (Å²) in [7, 11) is 0. The van der Waals surface area contributed by atoms with E-state index in [4.69, 9.17) is 37.4 Å². The van der Waals surface area contributed by atoms with Gasteiger partial charge in [0.15, 0.2) is 17.6 Å². The predicted molar refractivity (Wildman–Crippen MR) is 123 cm³/mol. The minimum atomic E-state index is -1.02. The third-order valence-corrected chi connectivity index (χ3v) is 4.54. The summed E-state index contributed by atoms with van der Waals surface area (Å²) in [4.78, 5) is 24.4. The number of carbonyl (C=O) groups is 2. The van der Waals surface area contributed by atoms with Crippen LogP contribution in [0.3, 0.4) is 0 Å². The van der Waals surface area contributed by atoms with E-state index >= 15 is 0 Å². The lowest BCUT2D eigenvalue weighted by Gasteiger charge is -2.13. The van der Waals surface area contributed by atoms with Crippen LogP contribution in [-0.4, -0.2) is 31.2 Å². The number of hydrogen-bond acceptors (Lipinski definition) is 5. The molecule has 2 aromatic carbocycles. The Morgan fingerprint density at radius 1 is 1.06 bits per heavy atom. The topological polar surface area (TPSA) is 73.9 Å². The first-order valence-corrected chi connectivity index (χ1v) is 10.6. The number of ether oxygens (including phenoxy) is 3. The van der Waals surface area contributed by atoms with E-state index in [-0.39, 0.29) is 5.02 Å². The van der Waals surface area contributed by atoms with E-state index in [1.165, 1.54) is 19.1 Å². The molecule has 2 aromatic rings. The van der Waals surface area contributed by atoms with Gasteiger partial charge in [-0.2, -0.15) is 0 Å². The zero-order valence-corrected chi connectivity index (χ0v) is 19.1. The molecule has 31 heavy (non-hydrogen) atoms. The normalized spacial score (nSPS) is 11.8. The van der Waals surface area contributed by atoms with Crippen LogP contribution < -0.4 is 14.8 Å². The number of hydrogen-bond donors (Lipinski definition) is 1. The Hall–Kier alpha value is -2.70. The predicted octanol–water partition coefficient (Wildman–Crippen LogP) is 5.76. The number of carbonyl (C=O) groups excluding carboxylic acids is 2. The monoisotopic (exact) mass is 465 g/mol. The van der Waals surface area contributed by atoms with Crippen LogP contribution in [0.1, 0.15) is 32.8 Å². The highest BCUT2D eigenvalue weighted by Crippen LogP contribution is 2.29. The number of benzene rings is 2. The maximum Gasteiger partial charge on any atom is 0.331 e. The van der Waals surface area contributed by atoms with E-state index in [1.54, 1.807) is 36.4 Å². The number of nitrogens with one attached hydrogen (secondary N) is 1. The molecule has 1 atom stereocenters. The lowest BCUT2D eigenvalue weighted by molar-refractivity contribution is -0.148. The van der Waals surface area contributed by atoms with E-state index in [9.17, 15) is 9.59 Å². The average Bonchev–Trinajstić information content (AvgIpc) is 2.73. The van der Waals surface area contributed by atoms with E-state index in [0.717, 1.165) is 12.0 Å². The highest BCUT2D eigenvalue weighted by molar-refractivity contribution is 6.36. The summed E-state index contributed by atoms with van der Waals surface area (Å²) in [5.74, 6) is 0.0739. The SMILES string of the molecule is CCCOc1ccc(/C=C/C(=O)OC(C)C(=O)Nc2ccc(Cl)cc2Cl)cc1OCC. The molecule has 166 valence electrons. The molecule has 0 fully saturated rings. The Bertz CT molecular complexity index is 946. The second kappa shape index (κ2) is 12.2. The van der Waals surface area contributed by atoms with Gasteiger partial charge in [-0.25, -0.2) is 4.79 Å². The summed E-state index contributed by atoms with van der Waals surface area (Å²) < 4.78 is 16.4. The van der Waals surface area contributed by atoms with Crippen molar-refractivity contribution in [2.24, 2.45) is 0 Å². The van der Waals surface area contributed by atoms with Crippen LogP contribution in [0.4, 0.5) is 5.69 Å². The molecule has 0 aliphatic carbocycles. The van der Waals surface area contributed by atoms with Crippen molar-refractivity contribution in [2.45, 2.75) is 33.3 Å². The summed E-state index contributed by atoms with van der Waals surface area (Å²) in [5, 5.41) is 3.34. The third-order valence-electron chi connectivity index (χ3n) is 3.99. The minimum absolute atomic E-state index is 0.288. The van der Waals surface area contributed by atoms with E-state index in [1.807, 2.05) is 13.8 Å². The van der Waals surface area contributed by atoms with Crippen molar-refractivity contribution in [3.05, 3.63) is 58.1 Å². The van der Waals surface area contributed by atoms with Gasteiger partial charge in [0.05, 0.1) is 23.9 Å². The fourth-order valence-electron chi connectivity index (χ4n) is 2.48. The van der Waals surface area contributed by atoms with Crippen LogP contribution in [0.25, 0.3) is 6.08 Å². The molecule has 8 heteroatoms. The standard InChI is InChI=1S/C23H25Cl2NO5/c1-4-12-30-20-10-6-16(13-21(20)29-5-2)7-11-22(27)31-15(3)23(28)26-19-9-8-17(24)14-18(19)25/h6-11,13-15H,4-5,12H2,1-3H3,(H,26,28)/b11-7+. The van der Waals surface area contributed by atoms with Gasteiger partial charge in [0.1, 0.15) is 0 Å². The second-order valence-electron chi connectivity index (χ2n) is 6.51. The fourth-order valence-corrected chi connectivity index (χ4v) is 2.94. The molecule has 0 aliphatic heterocycles. The van der Waals surface area contributed by atoms with Crippen LogP contribution in [0.2, 0.25) is 10.0 Å². The molecule has 0 saturated carbocycles. The first-order valence-electron chi connectivity index (χ1n) is 9.88. The van der Waals surface area contributed by atoms with Gasteiger partial charge in [-0.1, -0.05) is 36.2 Å². The number of anilines is 1. The molecule has 1 amide bonds. The van der Waals surface area contributed by atoms with Gasteiger partial charge in [0.25, 0.3) is 5.91 Å². The van der Waals surface area contributed by atoms with Gasteiger partial charge in [-0.3, -0.25) is 4.79 Å². The summed E-state index contributed by atoms with van der Waals surface area (Å²) in [5.41, 5.74) is 1.11. The molecule has 6 nitrogen and oxygen atoms in total. The summed E-state index contributed by atoms with van der Waals surface area (Å²) in [6.45, 7) is 6.45. The molecule has 0 bridgehead atoms. The second-order valence-corrected chi connectivity index (χ2v) is 7.36. The van der Waals surface area contributed by atoms with Crippen molar-refractivity contribution in [3.63, 3.8) is 0 Å². The molecular formula is C23H25Cl2NO5. The van der Waals surface area contributed by atoms with Crippen LogP contribution in [0.15, 0.2) is 42.5 Å². The lowest BCUT2D eigenvalue weighted by atomic mass is 10.2. The number of rotatable bonds is 10. The first kappa shape index (κ1) is 24.6. The molecule has 0 aromatic heterocycles. The molecule has 0 aliphatic rings. The number of amides is 1. The Labute approximate surface area is 192 Å². The van der Waals surface area contributed by atoms with Crippen molar-refractivity contribution in [2.75, 3.05) is 18.5 Å². The van der Waals surface area contributed by atoms with E-state index in [2.05, 4.69) is 5.32 Å². The van der Waals surface area contributed by atoms with Crippen molar-refractivity contribution in [3.8, 4) is 11.5 Å². The highest BCUT2D eigenvalue weighted by atomic mass is 35.5. The van der Waals surface area contributed by atoms with Crippen molar-refractivity contribution in [1.82, 2.24) is 0 Å². The molecule has 2 rings (SSSR count). The van der Waals surface area contributed by atoms with Crippen molar-refractivity contribution < 1.29 is 23.8 Å². The molecule has 1 N–H and O–H groups in total. The smallest absolute Gasteiger partial charge is 0.331 e. The van der Waals surface area contributed by atoms with Gasteiger partial charge >= 0.3 is 5.97 Å². The van der Waals surface area contributed by atoms with Crippen LogP contribution in [-0.2, 0) is 14.3 Å². The van der Waals surface area contributed by atoms with Gasteiger partial charge in [-0.15, -0.1) is 0 Å². The molecule has 1 unspecified atom stereocenters. The van der Waals surface area contributed by atoms with Crippen LogP contribution >= 0.6 is 23.2 Å². The summed E-state index contributed by atoms with van der Waals surface area (Å²) >= 11 is 11.9. The molecule has 0 spiro atoms. The Balaban J connectivity index is 1.97. The first-order chi connectivity index (χ1) is 14.8. The zero-order valence-electron chi connectivity index (χ0n) is 17.6. The maximum absolute atomic E-state index is 12.3. The molecular weight excluding hydrogens is 441 g/mol. The Morgan fingerprint density at radius 3 is 2.52 bits per heavy atom. The van der Waals surface area contributed by atoms with Gasteiger partial charge in [0.2, 0.25) is 0 Å². The minimum Gasteiger partial charge on any atom is -0.490 e. The van der Waals surface area contributed by atoms with E-state index < -0.39 is 18.0 Å². The van der Waals surface area contributed by atoms with Crippen LogP contribution in [0.5, 0.6) is 11.5 Å². The fraction of sp³-hybridized carbons (Fsp3) is 0.304. The number of halogens is 2.